The Morgan fingerprint density at radius 1 is 1.41 bits per heavy atom. The highest BCUT2D eigenvalue weighted by Crippen LogP contribution is 2.23. The molecule has 0 spiro atoms. The van der Waals surface area contributed by atoms with Gasteiger partial charge in [0.25, 0.3) is 0 Å². The molecule has 0 aliphatic heterocycles. The molecule has 0 unspecified atom stereocenters. The summed E-state index contributed by atoms with van der Waals surface area (Å²) in [5.74, 6) is -1.31. The number of halogens is 5. The SMILES string of the molecule is NCCN(CC(F)(F)F)c1ncc(Cl)cc1F. The minimum absolute atomic E-state index is 0.0194. The Balaban J connectivity index is 2.97. The number of hydrogen-bond acceptors (Lipinski definition) is 3. The molecule has 0 bridgehead atoms. The summed E-state index contributed by atoms with van der Waals surface area (Å²) in [5.41, 5.74) is 5.18. The van der Waals surface area contributed by atoms with E-state index < -0.39 is 24.4 Å². The van der Waals surface area contributed by atoms with E-state index in [1.54, 1.807) is 0 Å². The molecule has 1 rings (SSSR count). The zero-order chi connectivity index (χ0) is 13.1. The fourth-order valence-electron chi connectivity index (χ4n) is 1.27. The summed E-state index contributed by atoms with van der Waals surface area (Å²) >= 11 is 5.46. The van der Waals surface area contributed by atoms with Crippen LogP contribution in [0.3, 0.4) is 0 Å². The van der Waals surface area contributed by atoms with Crippen molar-refractivity contribution in [3.05, 3.63) is 23.1 Å². The van der Waals surface area contributed by atoms with E-state index in [9.17, 15) is 17.6 Å². The van der Waals surface area contributed by atoms with E-state index in [-0.39, 0.29) is 18.1 Å². The van der Waals surface area contributed by atoms with E-state index in [0.717, 1.165) is 17.2 Å². The van der Waals surface area contributed by atoms with Gasteiger partial charge in [-0.1, -0.05) is 11.6 Å². The molecule has 0 saturated heterocycles. The third-order valence-corrected chi connectivity index (χ3v) is 2.06. The Kier molecular flexibility index (Phi) is 4.53. The molecular weight excluding hydrogens is 262 g/mol. The van der Waals surface area contributed by atoms with Gasteiger partial charge < -0.3 is 10.6 Å². The van der Waals surface area contributed by atoms with Crippen molar-refractivity contribution in [1.82, 2.24) is 4.98 Å². The van der Waals surface area contributed by atoms with Crippen LogP contribution in [0.4, 0.5) is 23.4 Å². The number of alkyl halides is 3. The van der Waals surface area contributed by atoms with Gasteiger partial charge in [0, 0.05) is 19.3 Å². The highest BCUT2D eigenvalue weighted by atomic mass is 35.5. The topological polar surface area (TPSA) is 42.1 Å². The first-order valence-corrected chi connectivity index (χ1v) is 5.04. The van der Waals surface area contributed by atoms with Crippen molar-refractivity contribution in [2.24, 2.45) is 5.73 Å². The molecule has 0 amide bonds. The van der Waals surface area contributed by atoms with Gasteiger partial charge in [0.05, 0.1) is 5.02 Å². The van der Waals surface area contributed by atoms with Crippen molar-refractivity contribution in [2.45, 2.75) is 6.18 Å². The number of hydrogen-bond donors (Lipinski definition) is 1. The Labute approximate surface area is 100 Å². The van der Waals surface area contributed by atoms with Crippen molar-refractivity contribution >= 4 is 17.4 Å². The number of nitrogens with zero attached hydrogens (tertiary/aromatic N) is 2. The van der Waals surface area contributed by atoms with E-state index in [2.05, 4.69) is 4.98 Å². The van der Waals surface area contributed by atoms with Gasteiger partial charge in [-0.05, 0) is 6.07 Å². The van der Waals surface area contributed by atoms with Crippen LogP contribution in [0.25, 0.3) is 0 Å². The van der Waals surface area contributed by atoms with Gasteiger partial charge in [-0.3, -0.25) is 0 Å². The lowest BCUT2D eigenvalue weighted by Crippen LogP contribution is -2.38. The Bertz CT molecular complexity index is 383. The minimum atomic E-state index is -4.46. The third-order valence-electron chi connectivity index (χ3n) is 1.86. The van der Waals surface area contributed by atoms with E-state index in [1.807, 2.05) is 0 Å². The van der Waals surface area contributed by atoms with Crippen LogP contribution in [0.5, 0.6) is 0 Å². The summed E-state index contributed by atoms with van der Waals surface area (Å²) in [6.07, 6.45) is -3.37. The Hall–Kier alpha value is -1.08. The van der Waals surface area contributed by atoms with Crippen molar-refractivity contribution in [3.63, 3.8) is 0 Å². The highest BCUT2D eigenvalue weighted by molar-refractivity contribution is 6.30. The summed E-state index contributed by atoms with van der Waals surface area (Å²) in [6.45, 7) is -1.50. The predicted octanol–water partition coefficient (Wildman–Crippen LogP) is 2.20. The summed E-state index contributed by atoms with van der Waals surface area (Å²) < 4.78 is 50.2. The van der Waals surface area contributed by atoms with Gasteiger partial charge in [0.2, 0.25) is 0 Å². The lowest BCUT2D eigenvalue weighted by molar-refractivity contribution is -0.119. The predicted molar refractivity (Wildman–Crippen MR) is 56.5 cm³/mol. The Morgan fingerprint density at radius 3 is 2.53 bits per heavy atom. The molecule has 17 heavy (non-hydrogen) atoms. The third kappa shape index (κ3) is 4.35. The molecule has 1 heterocycles. The van der Waals surface area contributed by atoms with E-state index in [0.29, 0.717) is 0 Å². The molecule has 1 aromatic heterocycles. The number of anilines is 1. The molecule has 0 radical (unpaired) electrons. The molecule has 0 saturated carbocycles. The van der Waals surface area contributed by atoms with Gasteiger partial charge in [0.15, 0.2) is 11.6 Å². The zero-order valence-electron chi connectivity index (χ0n) is 8.64. The van der Waals surface area contributed by atoms with E-state index in [1.165, 1.54) is 0 Å². The highest BCUT2D eigenvalue weighted by Gasteiger charge is 2.32. The lowest BCUT2D eigenvalue weighted by atomic mass is 10.3. The molecule has 0 aliphatic rings. The normalized spacial score (nSPS) is 11.6. The molecule has 3 nitrogen and oxygen atoms in total. The van der Waals surface area contributed by atoms with Crippen molar-refractivity contribution in [2.75, 3.05) is 24.5 Å². The molecule has 0 aromatic carbocycles. The molecule has 8 heteroatoms. The Morgan fingerprint density at radius 2 is 2.06 bits per heavy atom. The monoisotopic (exact) mass is 271 g/mol. The molecule has 2 N–H and O–H groups in total. The van der Waals surface area contributed by atoms with Gasteiger partial charge in [0.1, 0.15) is 6.54 Å². The average molecular weight is 272 g/mol. The minimum Gasteiger partial charge on any atom is -0.344 e. The lowest BCUT2D eigenvalue weighted by Gasteiger charge is -2.24. The largest absolute Gasteiger partial charge is 0.405 e. The molecule has 0 atom stereocenters. The van der Waals surface area contributed by atoms with Crippen LogP contribution < -0.4 is 10.6 Å². The van der Waals surface area contributed by atoms with Crippen molar-refractivity contribution < 1.29 is 17.6 Å². The van der Waals surface area contributed by atoms with Gasteiger partial charge in [-0.2, -0.15) is 13.2 Å². The second kappa shape index (κ2) is 5.50. The number of rotatable bonds is 4. The van der Waals surface area contributed by atoms with Gasteiger partial charge in [-0.25, -0.2) is 9.37 Å². The summed E-state index contributed by atoms with van der Waals surface area (Å²) in [7, 11) is 0. The molecule has 96 valence electrons. The number of aromatic nitrogens is 1. The first-order chi connectivity index (χ1) is 7.83. The molecule has 0 fully saturated rings. The van der Waals surface area contributed by atoms with E-state index in [4.69, 9.17) is 17.3 Å². The average Bonchev–Trinajstić information content (AvgIpc) is 2.14. The van der Waals surface area contributed by atoms with Crippen LogP contribution in [-0.2, 0) is 0 Å². The van der Waals surface area contributed by atoms with Crippen LogP contribution in [0.15, 0.2) is 12.3 Å². The fourth-order valence-corrected chi connectivity index (χ4v) is 1.42. The number of nitrogens with two attached hydrogens (primary N) is 1. The molecule has 0 aliphatic carbocycles. The maximum Gasteiger partial charge on any atom is 0.405 e. The van der Waals surface area contributed by atoms with Gasteiger partial charge >= 0.3 is 6.18 Å². The van der Waals surface area contributed by atoms with Crippen LogP contribution in [0.1, 0.15) is 0 Å². The quantitative estimate of drug-likeness (QED) is 0.854. The fraction of sp³-hybridized carbons (Fsp3) is 0.444. The standard InChI is InChI=1S/C9H10ClF4N3/c10-6-3-7(11)8(16-4-6)17(2-1-15)5-9(12,13)14/h3-4H,1-2,5,15H2. The summed E-state index contributed by atoms with van der Waals surface area (Å²) in [6, 6.07) is 0.907. The first-order valence-electron chi connectivity index (χ1n) is 4.66. The van der Waals surface area contributed by atoms with E-state index >= 15 is 0 Å². The van der Waals surface area contributed by atoms with Crippen LogP contribution >= 0.6 is 11.6 Å². The molecule has 1 aromatic rings. The van der Waals surface area contributed by atoms with Crippen LogP contribution in [0.2, 0.25) is 5.02 Å². The number of pyridine rings is 1. The zero-order valence-corrected chi connectivity index (χ0v) is 9.39. The summed E-state index contributed by atoms with van der Waals surface area (Å²) in [5, 5.41) is 0.0194. The van der Waals surface area contributed by atoms with Crippen molar-refractivity contribution in [3.8, 4) is 0 Å². The smallest absolute Gasteiger partial charge is 0.344 e. The van der Waals surface area contributed by atoms with Gasteiger partial charge in [-0.15, -0.1) is 0 Å². The van der Waals surface area contributed by atoms with Crippen molar-refractivity contribution in [1.29, 1.82) is 0 Å². The molecular formula is C9H10ClF4N3. The second-order valence-corrected chi connectivity index (χ2v) is 3.72. The maximum absolute atomic E-state index is 13.4. The maximum atomic E-state index is 13.4. The van der Waals surface area contributed by atoms with Crippen LogP contribution in [0, 0.1) is 5.82 Å². The summed E-state index contributed by atoms with van der Waals surface area (Å²) in [4.78, 5) is 4.27. The second-order valence-electron chi connectivity index (χ2n) is 3.28. The first kappa shape index (κ1) is 14.0. The van der Waals surface area contributed by atoms with Crippen LogP contribution in [-0.4, -0.2) is 30.8 Å².